The Bertz CT molecular complexity index is 448. The molecule has 1 unspecified atom stereocenters. The number of fused-ring (bicyclic) bond motifs is 1. The zero-order chi connectivity index (χ0) is 11.7. The van der Waals surface area contributed by atoms with Crippen LogP contribution in [0.2, 0.25) is 0 Å². The van der Waals surface area contributed by atoms with Crippen LogP contribution in [0.4, 0.5) is 0 Å². The van der Waals surface area contributed by atoms with Gasteiger partial charge in [0.1, 0.15) is 0 Å². The molecule has 1 aromatic rings. The quantitative estimate of drug-likeness (QED) is 0.829. The molecule has 1 aromatic carbocycles. The van der Waals surface area contributed by atoms with Gasteiger partial charge in [0.05, 0.1) is 5.92 Å². The molecule has 0 heterocycles. The van der Waals surface area contributed by atoms with E-state index >= 15 is 0 Å². The van der Waals surface area contributed by atoms with Crippen LogP contribution in [0.3, 0.4) is 0 Å². The van der Waals surface area contributed by atoms with Crippen molar-refractivity contribution in [1.29, 1.82) is 0 Å². The molecule has 0 radical (unpaired) electrons. The minimum Gasteiger partial charge on any atom is -0.481 e. The van der Waals surface area contributed by atoms with E-state index in [-0.39, 0.29) is 5.78 Å². The Morgan fingerprint density at radius 1 is 1.50 bits per heavy atom. The highest BCUT2D eigenvalue weighted by Crippen LogP contribution is 2.32. The summed E-state index contributed by atoms with van der Waals surface area (Å²) in [6.07, 6.45) is 1.63. The largest absolute Gasteiger partial charge is 0.481 e. The molecule has 84 valence electrons. The highest BCUT2D eigenvalue weighted by molar-refractivity contribution is 6.01. The summed E-state index contributed by atoms with van der Waals surface area (Å²) in [5.74, 6) is -1.28. The molecular weight excluding hydrogens is 204 g/mol. The Balaban J connectivity index is 2.51. The second-order valence-corrected chi connectivity index (χ2v) is 4.13. The lowest BCUT2D eigenvalue weighted by molar-refractivity contribution is -0.139. The number of carboxylic acids is 1. The molecule has 0 spiro atoms. The van der Waals surface area contributed by atoms with Gasteiger partial charge in [-0.25, -0.2) is 0 Å². The Morgan fingerprint density at radius 2 is 2.25 bits per heavy atom. The van der Waals surface area contributed by atoms with Crippen molar-refractivity contribution in [3.8, 4) is 0 Å². The van der Waals surface area contributed by atoms with Gasteiger partial charge in [-0.3, -0.25) is 9.59 Å². The number of carboxylic acid groups (broad SMARTS) is 1. The Morgan fingerprint density at radius 3 is 2.88 bits per heavy atom. The van der Waals surface area contributed by atoms with E-state index in [1.165, 1.54) is 0 Å². The summed E-state index contributed by atoms with van der Waals surface area (Å²) in [7, 11) is 0. The fraction of sp³-hybridized carbons (Fsp3) is 0.385. The molecule has 0 saturated carbocycles. The smallest absolute Gasteiger partial charge is 0.311 e. The third-order valence-electron chi connectivity index (χ3n) is 3.16. The zero-order valence-corrected chi connectivity index (χ0v) is 9.19. The Kier molecular flexibility index (Phi) is 2.77. The minimum atomic E-state index is -0.835. The van der Waals surface area contributed by atoms with Crippen LogP contribution in [0.1, 0.15) is 47.2 Å². The van der Waals surface area contributed by atoms with Gasteiger partial charge >= 0.3 is 5.97 Å². The van der Waals surface area contributed by atoms with E-state index in [1.54, 1.807) is 6.07 Å². The van der Waals surface area contributed by atoms with E-state index in [1.807, 2.05) is 19.1 Å². The molecule has 3 heteroatoms. The maximum absolute atomic E-state index is 11.7. The molecule has 1 N–H and O–H groups in total. The van der Waals surface area contributed by atoms with Crippen molar-refractivity contribution in [2.75, 3.05) is 0 Å². The summed E-state index contributed by atoms with van der Waals surface area (Å²) in [6.45, 7) is 2.02. The normalized spacial score (nSPS) is 19.3. The van der Waals surface area contributed by atoms with Crippen molar-refractivity contribution in [2.45, 2.75) is 32.1 Å². The summed E-state index contributed by atoms with van der Waals surface area (Å²) in [5.41, 5.74) is 2.37. The monoisotopic (exact) mass is 218 g/mol. The van der Waals surface area contributed by atoms with Gasteiger partial charge in [0, 0.05) is 12.0 Å². The van der Waals surface area contributed by atoms with Gasteiger partial charge in [0.25, 0.3) is 0 Å². The lowest BCUT2D eigenvalue weighted by Crippen LogP contribution is -2.21. The van der Waals surface area contributed by atoms with Crippen LogP contribution in [0.15, 0.2) is 18.2 Å². The second kappa shape index (κ2) is 4.08. The predicted octanol–water partition coefficient (Wildman–Crippen LogP) is 2.39. The lowest BCUT2D eigenvalue weighted by Gasteiger charge is -2.21. The number of aliphatic carboxylic acids is 1. The number of aryl methyl sites for hydroxylation is 1. The van der Waals surface area contributed by atoms with Gasteiger partial charge in [-0.15, -0.1) is 0 Å². The molecule has 0 saturated heterocycles. The number of hydrogen-bond donors (Lipinski definition) is 1. The molecule has 1 aliphatic carbocycles. The molecule has 1 aliphatic rings. The highest BCUT2D eigenvalue weighted by atomic mass is 16.4. The highest BCUT2D eigenvalue weighted by Gasteiger charge is 2.30. The van der Waals surface area contributed by atoms with Crippen LogP contribution >= 0.6 is 0 Å². The molecule has 0 aromatic heterocycles. The summed E-state index contributed by atoms with van der Waals surface area (Å²) in [5, 5.41) is 9.09. The van der Waals surface area contributed by atoms with Gasteiger partial charge in [0.15, 0.2) is 5.78 Å². The van der Waals surface area contributed by atoms with Crippen LogP contribution in [0, 0.1) is 0 Å². The van der Waals surface area contributed by atoms with Crippen molar-refractivity contribution in [1.82, 2.24) is 0 Å². The van der Waals surface area contributed by atoms with E-state index in [0.29, 0.717) is 24.0 Å². The van der Waals surface area contributed by atoms with E-state index < -0.39 is 11.9 Å². The van der Waals surface area contributed by atoms with Gasteiger partial charge in [-0.05, 0) is 30.0 Å². The third kappa shape index (κ3) is 1.73. The van der Waals surface area contributed by atoms with Gasteiger partial charge in [-0.1, -0.05) is 19.1 Å². The van der Waals surface area contributed by atoms with Crippen molar-refractivity contribution in [3.05, 3.63) is 34.9 Å². The summed E-state index contributed by atoms with van der Waals surface area (Å²) < 4.78 is 0. The molecule has 1 atom stereocenters. The molecule has 16 heavy (non-hydrogen) atoms. The van der Waals surface area contributed by atoms with Crippen molar-refractivity contribution in [3.63, 3.8) is 0 Å². The fourth-order valence-corrected chi connectivity index (χ4v) is 2.19. The van der Waals surface area contributed by atoms with E-state index in [4.69, 9.17) is 5.11 Å². The average Bonchev–Trinajstić information content (AvgIpc) is 2.29. The van der Waals surface area contributed by atoms with E-state index in [2.05, 4.69) is 0 Å². The van der Waals surface area contributed by atoms with Crippen molar-refractivity contribution < 1.29 is 14.7 Å². The van der Waals surface area contributed by atoms with Crippen LogP contribution in [-0.4, -0.2) is 16.9 Å². The maximum atomic E-state index is 11.7. The summed E-state index contributed by atoms with van der Waals surface area (Å²) >= 11 is 0. The first-order chi connectivity index (χ1) is 7.63. The van der Waals surface area contributed by atoms with Gasteiger partial charge in [-0.2, -0.15) is 0 Å². The number of carbonyl (C=O) groups is 2. The average molecular weight is 218 g/mol. The fourth-order valence-electron chi connectivity index (χ4n) is 2.19. The van der Waals surface area contributed by atoms with E-state index in [0.717, 1.165) is 12.0 Å². The van der Waals surface area contributed by atoms with E-state index in [9.17, 15) is 9.59 Å². The summed E-state index contributed by atoms with van der Waals surface area (Å²) in [6, 6.07) is 5.55. The second-order valence-electron chi connectivity index (χ2n) is 4.13. The van der Waals surface area contributed by atoms with Crippen molar-refractivity contribution in [2.24, 2.45) is 0 Å². The first kappa shape index (κ1) is 10.9. The zero-order valence-electron chi connectivity index (χ0n) is 9.19. The number of hydrogen-bond acceptors (Lipinski definition) is 2. The molecule has 2 rings (SSSR count). The van der Waals surface area contributed by atoms with Crippen molar-refractivity contribution >= 4 is 11.8 Å². The van der Waals surface area contributed by atoms with Crippen LogP contribution in [0.5, 0.6) is 0 Å². The molecule has 0 amide bonds. The van der Waals surface area contributed by atoms with Crippen LogP contribution in [0.25, 0.3) is 0 Å². The molecule has 0 aliphatic heterocycles. The number of benzene rings is 1. The Labute approximate surface area is 94.1 Å². The van der Waals surface area contributed by atoms with Crippen LogP contribution < -0.4 is 0 Å². The molecule has 3 nitrogen and oxygen atoms in total. The number of ketones is 1. The predicted molar refractivity (Wildman–Crippen MR) is 59.8 cm³/mol. The lowest BCUT2D eigenvalue weighted by atomic mass is 9.81. The number of Topliss-reactive ketones (excluding diaryl/α,β-unsaturated/α-hetero) is 1. The molecule has 0 fully saturated rings. The molecule has 0 bridgehead atoms. The maximum Gasteiger partial charge on any atom is 0.311 e. The Hall–Kier alpha value is -1.64. The SMILES string of the molecule is CCc1ccc2c(c1)C(=O)CCC2C(=O)O. The first-order valence-electron chi connectivity index (χ1n) is 5.52. The van der Waals surface area contributed by atoms with Crippen LogP contribution in [-0.2, 0) is 11.2 Å². The van der Waals surface area contributed by atoms with Gasteiger partial charge < -0.3 is 5.11 Å². The first-order valence-corrected chi connectivity index (χ1v) is 5.52. The summed E-state index contributed by atoms with van der Waals surface area (Å²) in [4.78, 5) is 22.8. The number of rotatable bonds is 2. The topological polar surface area (TPSA) is 54.4 Å². The standard InChI is InChI=1S/C13H14O3/c1-2-8-3-4-9-10(13(15)16)5-6-12(14)11(9)7-8/h3-4,7,10H,2,5-6H2,1H3,(H,15,16). The molecular formula is C13H14O3. The minimum absolute atomic E-state index is 0.0720. The number of carbonyl (C=O) groups excluding carboxylic acids is 1. The third-order valence-corrected chi connectivity index (χ3v) is 3.16. The van der Waals surface area contributed by atoms with Gasteiger partial charge in [0.2, 0.25) is 0 Å².